The van der Waals surface area contributed by atoms with Gasteiger partial charge in [-0.15, -0.1) is 0 Å². The maximum absolute atomic E-state index is 2.45. The van der Waals surface area contributed by atoms with Gasteiger partial charge in [0.15, 0.2) is 0 Å². The van der Waals surface area contributed by atoms with Crippen LogP contribution in [0.25, 0.3) is 0 Å². The van der Waals surface area contributed by atoms with Crippen molar-refractivity contribution in [2.24, 2.45) is 0 Å². The number of para-hydroxylation sites is 1. The van der Waals surface area contributed by atoms with Crippen molar-refractivity contribution < 1.29 is 0 Å². The van der Waals surface area contributed by atoms with Gasteiger partial charge in [-0.1, -0.05) is 74.2 Å². The predicted octanol–water partition coefficient (Wildman–Crippen LogP) is 5.50. The molecular weight excluding hydrogens is 310 g/mol. The molecule has 0 aromatic heterocycles. The fourth-order valence-electron chi connectivity index (χ4n) is 4.76. The molecule has 2 atom stereocenters. The fraction of sp³-hybridized carbons (Fsp3) is 0.273. The molecule has 2 heterocycles. The van der Waals surface area contributed by atoms with Crippen LogP contribution in [-0.2, 0) is 5.41 Å². The van der Waals surface area contributed by atoms with Gasteiger partial charge in [-0.2, -0.15) is 0 Å². The molecule has 0 bridgehead atoms. The van der Waals surface area contributed by atoms with E-state index in [0.29, 0.717) is 12.0 Å². The minimum absolute atomic E-state index is 0.0587. The van der Waals surface area contributed by atoms with Gasteiger partial charge in [-0.3, -0.25) is 0 Å². The van der Waals surface area contributed by atoms with Crippen molar-refractivity contribution in [2.45, 2.75) is 36.1 Å². The van der Waals surface area contributed by atoms with Crippen molar-refractivity contribution in [1.82, 2.24) is 0 Å². The van der Waals surface area contributed by atoms with E-state index in [2.05, 4.69) is 86.5 Å². The highest BCUT2D eigenvalue weighted by atomic mass is 32.2. The summed E-state index contributed by atoms with van der Waals surface area (Å²) in [6.45, 7) is 4.80. The Morgan fingerprint density at radius 3 is 2.62 bits per heavy atom. The van der Waals surface area contributed by atoms with E-state index in [0.717, 1.165) is 0 Å². The molecule has 2 heteroatoms. The Morgan fingerprint density at radius 2 is 1.75 bits per heavy atom. The SMILES string of the molecule is CN1c2ccccc2C2C3=C(C=CC21)Sc1ccccc1C3(C)C. The normalized spacial score (nSPS) is 25.9. The van der Waals surface area contributed by atoms with Crippen LogP contribution in [0.5, 0.6) is 0 Å². The lowest BCUT2D eigenvalue weighted by Crippen LogP contribution is -2.37. The third-order valence-electron chi connectivity index (χ3n) is 5.92. The van der Waals surface area contributed by atoms with Crippen LogP contribution in [0.3, 0.4) is 0 Å². The smallest absolute Gasteiger partial charge is 0.0581 e. The molecule has 2 aromatic rings. The van der Waals surface area contributed by atoms with Gasteiger partial charge in [-0.25, -0.2) is 0 Å². The molecule has 0 saturated carbocycles. The summed E-state index contributed by atoms with van der Waals surface area (Å²) in [4.78, 5) is 5.30. The first-order chi connectivity index (χ1) is 11.6. The molecule has 1 nitrogen and oxygen atoms in total. The average Bonchev–Trinajstić information content (AvgIpc) is 2.88. The van der Waals surface area contributed by atoms with Crippen molar-refractivity contribution in [3.8, 4) is 0 Å². The van der Waals surface area contributed by atoms with Gasteiger partial charge in [0.2, 0.25) is 0 Å². The molecule has 5 rings (SSSR count). The lowest BCUT2D eigenvalue weighted by atomic mass is 9.67. The Kier molecular flexibility index (Phi) is 2.88. The highest BCUT2D eigenvalue weighted by Gasteiger charge is 2.47. The molecule has 0 spiro atoms. The molecule has 0 N–H and O–H groups in total. The number of rotatable bonds is 0. The number of fused-ring (bicyclic) bond motifs is 5. The molecule has 2 aliphatic heterocycles. The van der Waals surface area contributed by atoms with Gasteiger partial charge < -0.3 is 4.90 Å². The van der Waals surface area contributed by atoms with E-state index in [1.807, 2.05) is 11.8 Å². The second-order valence-corrected chi connectivity index (χ2v) is 8.58. The Labute approximate surface area is 148 Å². The molecule has 0 radical (unpaired) electrons. The molecule has 3 aliphatic rings. The van der Waals surface area contributed by atoms with Crippen LogP contribution in [-0.4, -0.2) is 13.1 Å². The number of thioether (sulfide) groups is 1. The van der Waals surface area contributed by atoms with Gasteiger partial charge in [0.1, 0.15) is 0 Å². The van der Waals surface area contributed by atoms with Crippen LogP contribution in [0.15, 0.2) is 76.1 Å². The standard InChI is InChI=1S/C22H21NS/c1-22(2)15-9-5-7-11-18(15)24-19-13-12-17-20(21(19)22)14-8-4-6-10-16(14)23(17)3/h4-13,17,20H,1-3H3. The number of allylic oxidation sites excluding steroid dienone is 1. The Hall–Kier alpha value is -1.93. The van der Waals surface area contributed by atoms with E-state index in [9.17, 15) is 0 Å². The monoisotopic (exact) mass is 331 g/mol. The minimum atomic E-state index is 0.0587. The summed E-state index contributed by atoms with van der Waals surface area (Å²) < 4.78 is 0. The maximum Gasteiger partial charge on any atom is 0.0581 e. The van der Waals surface area contributed by atoms with E-state index in [1.54, 1.807) is 5.57 Å². The first-order valence-corrected chi connectivity index (χ1v) is 9.42. The molecule has 1 aliphatic carbocycles. The van der Waals surface area contributed by atoms with Gasteiger partial charge >= 0.3 is 0 Å². The molecular formula is C22H21NS. The second-order valence-electron chi connectivity index (χ2n) is 7.50. The number of benzene rings is 2. The third kappa shape index (κ3) is 1.72. The third-order valence-corrected chi connectivity index (χ3v) is 7.07. The first kappa shape index (κ1) is 14.4. The van der Waals surface area contributed by atoms with Crippen molar-refractivity contribution in [1.29, 1.82) is 0 Å². The van der Waals surface area contributed by atoms with E-state index in [1.165, 1.54) is 26.6 Å². The quantitative estimate of drug-likeness (QED) is 0.627. The van der Waals surface area contributed by atoms with Gasteiger partial charge in [0.05, 0.1) is 6.04 Å². The zero-order valence-corrected chi connectivity index (χ0v) is 15.1. The summed E-state index contributed by atoms with van der Waals surface area (Å²) >= 11 is 1.94. The highest BCUT2D eigenvalue weighted by molar-refractivity contribution is 8.03. The van der Waals surface area contributed by atoms with Crippen molar-refractivity contribution >= 4 is 17.4 Å². The lowest BCUT2D eigenvalue weighted by molar-refractivity contribution is 0.525. The Balaban J connectivity index is 1.75. The molecule has 2 unspecified atom stereocenters. The van der Waals surface area contributed by atoms with Crippen molar-refractivity contribution in [3.05, 3.63) is 82.3 Å². The zero-order valence-electron chi connectivity index (χ0n) is 14.3. The first-order valence-electron chi connectivity index (χ1n) is 8.61. The van der Waals surface area contributed by atoms with Crippen molar-refractivity contribution in [3.63, 3.8) is 0 Å². The van der Waals surface area contributed by atoms with E-state index >= 15 is 0 Å². The Morgan fingerprint density at radius 1 is 1.00 bits per heavy atom. The summed E-state index contributed by atoms with van der Waals surface area (Å²) in [6, 6.07) is 18.3. The average molecular weight is 331 g/mol. The molecule has 0 fully saturated rings. The summed E-state index contributed by atoms with van der Waals surface area (Å²) in [5, 5.41) is 0. The second kappa shape index (κ2) is 4.80. The number of hydrogen-bond donors (Lipinski definition) is 0. The largest absolute Gasteiger partial charge is 0.367 e. The fourth-order valence-corrected chi connectivity index (χ4v) is 6.21. The highest BCUT2D eigenvalue weighted by Crippen LogP contribution is 2.58. The molecule has 0 amide bonds. The molecule has 120 valence electrons. The minimum Gasteiger partial charge on any atom is -0.367 e. The zero-order chi connectivity index (χ0) is 16.5. The van der Waals surface area contributed by atoms with Gasteiger partial charge in [0.25, 0.3) is 0 Å². The van der Waals surface area contributed by atoms with Crippen LogP contribution in [0, 0.1) is 0 Å². The van der Waals surface area contributed by atoms with E-state index in [-0.39, 0.29) is 5.41 Å². The lowest BCUT2D eigenvalue weighted by Gasteiger charge is -2.43. The summed E-state index contributed by atoms with van der Waals surface area (Å²) in [6.07, 6.45) is 4.77. The topological polar surface area (TPSA) is 3.24 Å². The van der Waals surface area contributed by atoms with Crippen LogP contribution in [0.4, 0.5) is 5.69 Å². The van der Waals surface area contributed by atoms with Crippen molar-refractivity contribution in [2.75, 3.05) is 11.9 Å². The number of nitrogens with zero attached hydrogens (tertiary/aromatic N) is 1. The predicted molar refractivity (Wildman–Crippen MR) is 103 cm³/mol. The molecule has 0 saturated heterocycles. The molecule has 2 aromatic carbocycles. The van der Waals surface area contributed by atoms with Crippen LogP contribution < -0.4 is 4.90 Å². The van der Waals surface area contributed by atoms with E-state index in [4.69, 9.17) is 0 Å². The van der Waals surface area contributed by atoms with Gasteiger partial charge in [0, 0.05) is 33.9 Å². The van der Waals surface area contributed by atoms with Gasteiger partial charge in [-0.05, 0) is 28.8 Å². The number of hydrogen-bond acceptors (Lipinski definition) is 2. The maximum atomic E-state index is 2.45. The van der Waals surface area contributed by atoms with E-state index < -0.39 is 0 Å². The number of likely N-dealkylation sites (N-methyl/N-ethyl adjacent to an activating group) is 1. The Bertz CT molecular complexity index is 906. The summed E-state index contributed by atoms with van der Waals surface area (Å²) in [5.74, 6) is 0.460. The summed E-state index contributed by atoms with van der Waals surface area (Å²) in [5.41, 5.74) is 5.98. The number of anilines is 1. The summed E-state index contributed by atoms with van der Waals surface area (Å²) in [7, 11) is 2.23. The molecule has 24 heavy (non-hydrogen) atoms. The van der Waals surface area contributed by atoms with Crippen LogP contribution in [0.2, 0.25) is 0 Å². The van der Waals surface area contributed by atoms with Crippen LogP contribution in [0.1, 0.15) is 30.9 Å². The van der Waals surface area contributed by atoms with Crippen LogP contribution >= 0.6 is 11.8 Å².